The first-order valence-electron chi connectivity index (χ1n) is 11.6. The van der Waals surface area contributed by atoms with E-state index in [1.54, 1.807) is 20.4 Å². The number of anilines is 1. The lowest BCUT2D eigenvalue weighted by Gasteiger charge is -2.29. The van der Waals surface area contributed by atoms with Gasteiger partial charge in [0.05, 0.1) is 48.4 Å². The van der Waals surface area contributed by atoms with E-state index in [0.717, 1.165) is 34.0 Å². The van der Waals surface area contributed by atoms with E-state index >= 15 is 0 Å². The van der Waals surface area contributed by atoms with Gasteiger partial charge >= 0.3 is 0 Å². The summed E-state index contributed by atoms with van der Waals surface area (Å²) in [5.41, 5.74) is 5.97. The Hall–Kier alpha value is -3.55. The zero-order valence-electron chi connectivity index (χ0n) is 20.5. The number of hydrogen-bond donors (Lipinski definition) is 1. The van der Waals surface area contributed by atoms with E-state index in [9.17, 15) is 0 Å². The van der Waals surface area contributed by atoms with Gasteiger partial charge in [0.15, 0.2) is 5.11 Å². The number of nitrogens with one attached hydrogen (secondary N) is 1. The van der Waals surface area contributed by atoms with E-state index in [4.69, 9.17) is 33.3 Å². The number of aryl methyl sites for hydroxylation is 1. The molecule has 0 aliphatic carbocycles. The van der Waals surface area contributed by atoms with Crippen LogP contribution in [0.2, 0.25) is 5.02 Å². The maximum Gasteiger partial charge on any atom is 0.174 e. The standard InChI is InChI=1S/C28H27ClN4O2S/c1-17-15-20(18(2)32(17)23-11-6-5-9-21(23)29)27-26(22-10-7-8-14-30-22)31-28(36)33(27)24-13-12-19(34-3)16-25(24)35-4/h5-16,26-27H,1-4H3,(H,31,36)/t26-,27-/m1/s1. The van der Waals surface area contributed by atoms with Gasteiger partial charge in [-0.15, -0.1) is 0 Å². The fourth-order valence-corrected chi connectivity index (χ4v) is 5.56. The molecule has 2 aromatic carbocycles. The largest absolute Gasteiger partial charge is 0.497 e. The summed E-state index contributed by atoms with van der Waals surface area (Å²) < 4.78 is 13.4. The van der Waals surface area contributed by atoms with Crippen molar-refractivity contribution in [1.82, 2.24) is 14.9 Å². The predicted octanol–water partition coefficient (Wildman–Crippen LogP) is 6.34. The molecule has 1 aliphatic rings. The smallest absolute Gasteiger partial charge is 0.174 e. The Morgan fingerprint density at radius 2 is 1.72 bits per heavy atom. The normalized spacial score (nSPS) is 17.2. The molecule has 6 nitrogen and oxygen atoms in total. The zero-order chi connectivity index (χ0) is 25.4. The minimum Gasteiger partial charge on any atom is -0.497 e. The third-order valence-corrected chi connectivity index (χ3v) is 7.26. The van der Waals surface area contributed by atoms with Gasteiger partial charge in [-0.1, -0.05) is 29.8 Å². The van der Waals surface area contributed by atoms with Gasteiger partial charge in [-0.05, 0) is 74.1 Å². The first-order valence-corrected chi connectivity index (χ1v) is 12.4. The Kier molecular flexibility index (Phi) is 6.60. The summed E-state index contributed by atoms with van der Waals surface area (Å²) in [5, 5.41) is 4.82. The Morgan fingerprint density at radius 1 is 0.944 bits per heavy atom. The summed E-state index contributed by atoms with van der Waals surface area (Å²) >= 11 is 12.5. The number of hydrogen-bond acceptors (Lipinski definition) is 4. The van der Waals surface area contributed by atoms with Gasteiger partial charge < -0.3 is 24.3 Å². The van der Waals surface area contributed by atoms with Crippen molar-refractivity contribution in [3.8, 4) is 17.2 Å². The van der Waals surface area contributed by atoms with Crippen LogP contribution in [0.15, 0.2) is 72.9 Å². The number of ether oxygens (including phenoxy) is 2. The lowest BCUT2D eigenvalue weighted by Crippen LogP contribution is -2.30. The van der Waals surface area contributed by atoms with Crippen molar-refractivity contribution in [2.45, 2.75) is 25.9 Å². The second kappa shape index (κ2) is 9.84. The fraction of sp³-hybridized carbons (Fsp3) is 0.214. The monoisotopic (exact) mass is 518 g/mol. The predicted molar refractivity (Wildman–Crippen MR) is 148 cm³/mol. The highest BCUT2D eigenvalue weighted by Crippen LogP contribution is 2.47. The number of halogens is 1. The molecule has 0 radical (unpaired) electrons. The van der Waals surface area contributed by atoms with Gasteiger partial charge in [-0.3, -0.25) is 4.98 Å². The molecule has 1 aliphatic heterocycles. The third kappa shape index (κ3) is 4.08. The second-order valence-electron chi connectivity index (χ2n) is 8.65. The molecule has 2 aromatic heterocycles. The Bertz CT molecular complexity index is 1420. The molecule has 0 bridgehead atoms. The first-order chi connectivity index (χ1) is 17.4. The molecule has 0 spiro atoms. The van der Waals surface area contributed by atoms with E-state index < -0.39 is 0 Å². The molecule has 2 atom stereocenters. The van der Waals surface area contributed by atoms with E-state index in [1.807, 2.05) is 60.7 Å². The van der Waals surface area contributed by atoms with Gasteiger partial charge in [-0.25, -0.2) is 0 Å². The van der Waals surface area contributed by atoms with Gasteiger partial charge in [0.1, 0.15) is 11.5 Å². The lowest BCUT2D eigenvalue weighted by atomic mass is 9.96. The molecule has 0 saturated carbocycles. The van der Waals surface area contributed by atoms with Crippen LogP contribution in [0, 0.1) is 13.8 Å². The molecule has 1 N–H and O–H groups in total. The minimum absolute atomic E-state index is 0.175. The van der Waals surface area contributed by atoms with Crippen LogP contribution in [-0.2, 0) is 0 Å². The average molecular weight is 519 g/mol. The van der Waals surface area contributed by atoms with Crippen LogP contribution in [-0.4, -0.2) is 28.9 Å². The van der Waals surface area contributed by atoms with Crippen LogP contribution in [0.1, 0.15) is 34.7 Å². The van der Waals surface area contributed by atoms with Gasteiger partial charge in [0.25, 0.3) is 0 Å². The maximum atomic E-state index is 6.61. The second-order valence-corrected chi connectivity index (χ2v) is 9.44. The van der Waals surface area contributed by atoms with Gasteiger partial charge in [0.2, 0.25) is 0 Å². The summed E-state index contributed by atoms with van der Waals surface area (Å²) in [6.07, 6.45) is 1.81. The quantitative estimate of drug-likeness (QED) is 0.301. The van der Waals surface area contributed by atoms with Crippen molar-refractivity contribution in [3.05, 3.63) is 101 Å². The molecule has 3 heterocycles. The number of pyridine rings is 1. The summed E-state index contributed by atoms with van der Waals surface area (Å²) in [7, 11) is 3.29. The van der Waals surface area contributed by atoms with E-state index in [1.165, 1.54) is 0 Å². The highest BCUT2D eigenvalue weighted by Gasteiger charge is 2.43. The molecule has 36 heavy (non-hydrogen) atoms. The van der Waals surface area contributed by atoms with Crippen LogP contribution < -0.4 is 19.7 Å². The molecular formula is C28H27ClN4O2S. The van der Waals surface area contributed by atoms with Crippen LogP contribution in [0.25, 0.3) is 5.69 Å². The van der Waals surface area contributed by atoms with Gasteiger partial charge in [-0.2, -0.15) is 0 Å². The summed E-state index contributed by atoms with van der Waals surface area (Å²) in [5.74, 6) is 1.38. The molecule has 5 rings (SSSR count). The number of para-hydroxylation sites is 1. The topological polar surface area (TPSA) is 51.5 Å². The minimum atomic E-state index is -0.183. The molecule has 8 heteroatoms. The zero-order valence-corrected chi connectivity index (χ0v) is 22.1. The Balaban J connectivity index is 1.71. The van der Waals surface area contributed by atoms with E-state index in [2.05, 4.69) is 39.7 Å². The Labute approximate surface area is 221 Å². The molecule has 1 fully saturated rings. The molecule has 0 unspecified atom stereocenters. The Morgan fingerprint density at radius 3 is 2.42 bits per heavy atom. The van der Waals surface area contributed by atoms with Crippen molar-refractivity contribution in [1.29, 1.82) is 0 Å². The number of rotatable bonds is 6. The van der Waals surface area contributed by atoms with Crippen molar-refractivity contribution < 1.29 is 9.47 Å². The SMILES string of the molecule is COc1ccc(N2C(=S)N[C@H](c3ccccn3)[C@H]2c2cc(C)n(-c3ccccc3Cl)c2C)c(OC)c1. The van der Waals surface area contributed by atoms with Gasteiger partial charge in [0, 0.05) is 23.7 Å². The number of aromatic nitrogens is 2. The summed E-state index contributed by atoms with van der Waals surface area (Å²) in [6, 6.07) is 21.4. The highest BCUT2D eigenvalue weighted by atomic mass is 35.5. The van der Waals surface area contributed by atoms with Crippen molar-refractivity contribution >= 4 is 34.6 Å². The van der Waals surface area contributed by atoms with Crippen LogP contribution >= 0.6 is 23.8 Å². The summed E-state index contributed by atoms with van der Waals surface area (Å²) in [4.78, 5) is 6.79. The lowest BCUT2D eigenvalue weighted by molar-refractivity contribution is 0.394. The van der Waals surface area contributed by atoms with Crippen LogP contribution in [0.4, 0.5) is 5.69 Å². The first kappa shape index (κ1) is 24.2. The molecule has 4 aromatic rings. The van der Waals surface area contributed by atoms with Crippen LogP contribution in [0.5, 0.6) is 11.5 Å². The molecule has 1 saturated heterocycles. The van der Waals surface area contributed by atoms with E-state index in [0.29, 0.717) is 21.6 Å². The highest BCUT2D eigenvalue weighted by molar-refractivity contribution is 7.80. The number of nitrogens with zero attached hydrogens (tertiary/aromatic N) is 3. The van der Waals surface area contributed by atoms with Crippen LogP contribution in [0.3, 0.4) is 0 Å². The number of methoxy groups -OCH3 is 2. The average Bonchev–Trinajstić information content (AvgIpc) is 3.39. The maximum absolute atomic E-state index is 6.61. The fourth-order valence-electron chi connectivity index (χ4n) is 5.01. The molecule has 184 valence electrons. The third-order valence-electron chi connectivity index (χ3n) is 6.63. The van der Waals surface area contributed by atoms with Crippen molar-refractivity contribution in [3.63, 3.8) is 0 Å². The number of thiocarbonyl (C=S) groups is 1. The van der Waals surface area contributed by atoms with E-state index in [-0.39, 0.29) is 12.1 Å². The summed E-state index contributed by atoms with van der Waals surface area (Å²) in [6.45, 7) is 4.21. The molecular weight excluding hydrogens is 492 g/mol. The number of benzene rings is 2. The van der Waals surface area contributed by atoms with Crippen molar-refractivity contribution in [2.24, 2.45) is 0 Å². The van der Waals surface area contributed by atoms with Crippen molar-refractivity contribution in [2.75, 3.05) is 19.1 Å². The molecule has 0 amide bonds.